The average molecular weight is 366 g/mol. The SMILES string of the molecule is CCC(C)NC(=O)c1ccnc(C(=O)Nc2ccc(Cl)c(Cl)c2)c1. The van der Waals surface area contributed by atoms with Crippen molar-refractivity contribution in [2.45, 2.75) is 26.3 Å². The summed E-state index contributed by atoms with van der Waals surface area (Å²) in [4.78, 5) is 28.4. The molecule has 0 aliphatic heterocycles. The Labute approximate surface area is 150 Å². The Kier molecular flexibility index (Phi) is 6.17. The van der Waals surface area contributed by atoms with Gasteiger partial charge in [0.2, 0.25) is 0 Å². The normalized spacial score (nSPS) is 11.7. The molecule has 0 radical (unpaired) electrons. The number of nitrogens with one attached hydrogen (secondary N) is 2. The third kappa shape index (κ3) is 4.69. The van der Waals surface area contributed by atoms with Crippen molar-refractivity contribution in [3.05, 3.63) is 57.8 Å². The first-order valence-electron chi connectivity index (χ1n) is 7.44. The molecule has 1 atom stereocenters. The van der Waals surface area contributed by atoms with Crippen LogP contribution in [-0.4, -0.2) is 22.8 Å². The Bertz CT molecular complexity index is 765. The third-order valence-corrected chi connectivity index (χ3v) is 4.16. The summed E-state index contributed by atoms with van der Waals surface area (Å²) in [5, 5.41) is 6.25. The fourth-order valence-corrected chi connectivity index (χ4v) is 2.17. The van der Waals surface area contributed by atoms with Gasteiger partial charge < -0.3 is 10.6 Å². The van der Waals surface area contributed by atoms with Crippen molar-refractivity contribution in [1.29, 1.82) is 0 Å². The van der Waals surface area contributed by atoms with Crippen LogP contribution in [0.25, 0.3) is 0 Å². The smallest absolute Gasteiger partial charge is 0.274 e. The molecule has 0 aliphatic rings. The molecule has 2 aromatic rings. The van der Waals surface area contributed by atoms with Gasteiger partial charge in [-0.1, -0.05) is 30.1 Å². The second-order valence-corrected chi connectivity index (χ2v) is 6.11. The first kappa shape index (κ1) is 18.2. The van der Waals surface area contributed by atoms with E-state index in [1.54, 1.807) is 24.3 Å². The number of nitrogens with zero attached hydrogens (tertiary/aromatic N) is 1. The molecule has 0 fully saturated rings. The van der Waals surface area contributed by atoms with E-state index in [0.717, 1.165) is 6.42 Å². The largest absolute Gasteiger partial charge is 0.350 e. The van der Waals surface area contributed by atoms with E-state index in [0.29, 0.717) is 21.3 Å². The van der Waals surface area contributed by atoms with Gasteiger partial charge in [0.1, 0.15) is 5.69 Å². The first-order chi connectivity index (χ1) is 11.4. The van der Waals surface area contributed by atoms with Crippen molar-refractivity contribution in [2.75, 3.05) is 5.32 Å². The molecular formula is C17H17Cl2N3O2. The van der Waals surface area contributed by atoms with E-state index in [4.69, 9.17) is 23.2 Å². The van der Waals surface area contributed by atoms with Gasteiger partial charge in [0.05, 0.1) is 10.0 Å². The molecule has 0 aliphatic carbocycles. The van der Waals surface area contributed by atoms with E-state index >= 15 is 0 Å². The van der Waals surface area contributed by atoms with Gasteiger partial charge in [-0.2, -0.15) is 0 Å². The summed E-state index contributed by atoms with van der Waals surface area (Å²) in [6.45, 7) is 3.89. The summed E-state index contributed by atoms with van der Waals surface area (Å²) in [7, 11) is 0. The average Bonchev–Trinajstić information content (AvgIpc) is 2.58. The number of rotatable bonds is 5. The molecule has 1 heterocycles. The van der Waals surface area contributed by atoms with E-state index in [1.165, 1.54) is 12.3 Å². The van der Waals surface area contributed by atoms with Crippen molar-refractivity contribution >= 4 is 40.7 Å². The number of aromatic nitrogens is 1. The first-order valence-corrected chi connectivity index (χ1v) is 8.19. The molecule has 0 bridgehead atoms. The predicted molar refractivity (Wildman–Crippen MR) is 95.9 cm³/mol. The molecule has 0 spiro atoms. The van der Waals surface area contributed by atoms with Crippen LogP contribution in [0.3, 0.4) is 0 Å². The van der Waals surface area contributed by atoms with Gasteiger partial charge in [-0.05, 0) is 43.7 Å². The monoisotopic (exact) mass is 365 g/mol. The number of hydrogen-bond donors (Lipinski definition) is 2. The predicted octanol–water partition coefficient (Wildman–Crippen LogP) is 4.17. The van der Waals surface area contributed by atoms with Crippen LogP contribution in [0, 0.1) is 0 Å². The summed E-state index contributed by atoms with van der Waals surface area (Å²) < 4.78 is 0. The lowest BCUT2D eigenvalue weighted by molar-refractivity contribution is 0.0939. The van der Waals surface area contributed by atoms with Crippen LogP contribution in [0.15, 0.2) is 36.5 Å². The van der Waals surface area contributed by atoms with E-state index in [2.05, 4.69) is 15.6 Å². The quantitative estimate of drug-likeness (QED) is 0.834. The maximum absolute atomic E-state index is 12.3. The highest BCUT2D eigenvalue weighted by molar-refractivity contribution is 6.42. The molecule has 5 nitrogen and oxygen atoms in total. The van der Waals surface area contributed by atoms with Crippen LogP contribution in [0.4, 0.5) is 5.69 Å². The zero-order valence-corrected chi connectivity index (χ0v) is 14.8. The highest BCUT2D eigenvalue weighted by Gasteiger charge is 2.13. The van der Waals surface area contributed by atoms with Crippen LogP contribution in [0.2, 0.25) is 10.0 Å². The summed E-state index contributed by atoms with van der Waals surface area (Å²) >= 11 is 11.8. The Morgan fingerprint density at radius 1 is 1.12 bits per heavy atom. The summed E-state index contributed by atoms with van der Waals surface area (Å²) in [6, 6.07) is 7.83. The fraction of sp³-hybridized carbons (Fsp3) is 0.235. The number of hydrogen-bond acceptors (Lipinski definition) is 3. The Hall–Kier alpha value is -2.11. The molecular weight excluding hydrogens is 349 g/mol. The maximum atomic E-state index is 12.3. The molecule has 2 N–H and O–H groups in total. The molecule has 126 valence electrons. The standard InChI is InChI=1S/C17H17Cl2N3O2/c1-3-10(2)21-16(23)11-6-7-20-15(8-11)17(24)22-12-4-5-13(18)14(19)9-12/h4-10H,3H2,1-2H3,(H,21,23)(H,22,24). The van der Waals surface area contributed by atoms with Crippen molar-refractivity contribution in [1.82, 2.24) is 10.3 Å². The van der Waals surface area contributed by atoms with Crippen molar-refractivity contribution in [3.8, 4) is 0 Å². The zero-order chi connectivity index (χ0) is 17.7. The Balaban J connectivity index is 2.13. The molecule has 1 aromatic heterocycles. The van der Waals surface area contributed by atoms with Crippen LogP contribution in [0.5, 0.6) is 0 Å². The van der Waals surface area contributed by atoms with Crippen LogP contribution < -0.4 is 10.6 Å². The van der Waals surface area contributed by atoms with E-state index in [-0.39, 0.29) is 17.6 Å². The molecule has 24 heavy (non-hydrogen) atoms. The van der Waals surface area contributed by atoms with E-state index in [9.17, 15) is 9.59 Å². The number of carbonyl (C=O) groups is 2. The number of pyridine rings is 1. The Morgan fingerprint density at radius 3 is 2.54 bits per heavy atom. The highest BCUT2D eigenvalue weighted by Crippen LogP contribution is 2.25. The number of carbonyl (C=O) groups excluding carboxylic acids is 2. The number of halogens is 2. The lowest BCUT2D eigenvalue weighted by Crippen LogP contribution is -2.32. The van der Waals surface area contributed by atoms with E-state index < -0.39 is 5.91 Å². The van der Waals surface area contributed by atoms with Gasteiger partial charge in [0.25, 0.3) is 11.8 Å². The number of benzene rings is 1. The minimum atomic E-state index is -0.438. The lowest BCUT2D eigenvalue weighted by Gasteiger charge is -2.12. The van der Waals surface area contributed by atoms with Gasteiger partial charge in [-0.3, -0.25) is 14.6 Å². The molecule has 2 rings (SSSR count). The minimum Gasteiger partial charge on any atom is -0.350 e. The van der Waals surface area contributed by atoms with Crippen LogP contribution in [-0.2, 0) is 0 Å². The number of amides is 2. The number of anilines is 1. The Morgan fingerprint density at radius 2 is 1.88 bits per heavy atom. The summed E-state index contributed by atoms with van der Waals surface area (Å²) in [6.07, 6.45) is 2.25. The van der Waals surface area contributed by atoms with E-state index in [1.807, 2.05) is 13.8 Å². The second-order valence-electron chi connectivity index (χ2n) is 5.30. The van der Waals surface area contributed by atoms with Gasteiger partial charge in [0, 0.05) is 23.5 Å². The molecule has 1 aromatic carbocycles. The minimum absolute atomic E-state index is 0.0548. The van der Waals surface area contributed by atoms with Crippen molar-refractivity contribution in [2.24, 2.45) is 0 Å². The summed E-state index contributed by atoms with van der Waals surface area (Å²) in [5.41, 5.74) is 1.01. The van der Waals surface area contributed by atoms with Crippen LogP contribution >= 0.6 is 23.2 Å². The van der Waals surface area contributed by atoms with Gasteiger partial charge in [-0.25, -0.2) is 0 Å². The van der Waals surface area contributed by atoms with Gasteiger partial charge in [0.15, 0.2) is 0 Å². The molecule has 0 saturated carbocycles. The van der Waals surface area contributed by atoms with Crippen molar-refractivity contribution in [3.63, 3.8) is 0 Å². The topological polar surface area (TPSA) is 71.1 Å². The molecule has 2 amide bonds. The fourth-order valence-electron chi connectivity index (χ4n) is 1.87. The van der Waals surface area contributed by atoms with Gasteiger partial charge >= 0.3 is 0 Å². The van der Waals surface area contributed by atoms with Gasteiger partial charge in [-0.15, -0.1) is 0 Å². The molecule has 1 unspecified atom stereocenters. The molecule has 7 heteroatoms. The molecule has 0 saturated heterocycles. The van der Waals surface area contributed by atoms with Crippen LogP contribution in [0.1, 0.15) is 41.1 Å². The highest BCUT2D eigenvalue weighted by atomic mass is 35.5. The lowest BCUT2D eigenvalue weighted by atomic mass is 10.2. The zero-order valence-electron chi connectivity index (χ0n) is 13.3. The van der Waals surface area contributed by atoms with Crippen molar-refractivity contribution < 1.29 is 9.59 Å². The summed E-state index contributed by atoms with van der Waals surface area (Å²) in [5.74, 6) is -0.679. The maximum Gasteiger partial charge on any atom is 0.274 e. The second kappa shape index (κ2) is 8.13. The third-order valence-electron chi connectivity index (χ3n) is 3.42.